The zero-order chi connectivity index (χ0) is 20.2. The summed E-state index contributed by atoms with van der Waals surface area (Å²) in [5.74, 6) is 1.53. The standard InChI is InChI=1S/C22H26N4O3/c1-25(2)21-23-18-16(19(27)24-21)6-9-22(18)8-3-10-26(13-22)20(28)15-4-5-17-14(12-15)7-11-29-17/h4-5,12H,3,6-11,13H2,1-2H3,(H,23,24,27). The topological polar surface area (TPSA) is 78.5 Å². The van der Waals surface area contributed by atoms with E-state index >= 15 is 0 Å². The minimum absolute atomic E-state index is 0.0438. The number of aromatic amines is 1. The number of fused-ring (bicyclic) bond motifs is 3. The molecule has 29 heavy (non-hydrogen) atoms. The zero-order valence-electron chi connectivity index (χ0n) is 17.0. The van der Waals surface area contributed by atoms with Gasteiger partial charge in [0.15, 0.2) is 0 Å². The minimum atomic E-state index is -0.220. The Morgan fingerprint density at radius 1 is 1.28 bits per heavy atom. The van der Waals surface area contributed by atoms with Crippen LogP contribution in [0.25, 0.3) is 0 Å². The SMILES string of the molecule is CN(C)c1nc2c(c(=O)[nH]1)CCC21CCCN(C(=O)c2ccc3c(c2)CCO3)C1. The first-order valence-electron chi connectivity index (χ1n) is 10.3. The Morgan fingerprint density at radius 3 is 2.97 bits per heavy atom. The van der Waals surface area contributed by atoms with E-state index in [1.165, 1.54) is 0 Å². The molecule has 3 heterocycles. The maximum Gasteiger partial charge on any atom is 0.255 e. The van der Waals surface area contributed by atoms with Gasteiger partial charge in [-0.25, -0.2) is 4.98 Å². The van der Waals surface area contributed by atoms with Crippen LogP contribution in [0.15, 0.2) is 23.0 Å². The highest BCUT2D eigenvalue weighted by Crippen LogP contribution is 2.43. The van der Waals surface area contributed by atoms with Crippen molar-refractivity contribution in [3.63, 3.8) is 0 Å². The highest BCUT2D eigenvalue weighted by molar-refractivity contribution is 5.95. The Labute approximate surface area is 169 Å². The molecule has 152 valence electrons. The maximum absolute atomic E-state index is 13.3. The number of piperidine rings is 1. The number of nitrogens with one attached hydrogen (secondary N) is 1. The summed E-state index contributed by atoms with van der Waals surface area (Å²) in [6.07, 6.45) is 4.34. The highest BCUT2D eigenvalue weighted by Gasteiger charge is 2.46. The van der Waals surface area contributed by atoms with Crippen molar-refractivity contribution in [3.8, 4) is 5.75 Å². The van der Waals surface area contributed by atoms with Crippen LogP contribution in [0.3, 0.4) is 0 Å². The molecule has 0 radical (unpaired) electrons. The van der Waals surface area contributed by atoms with E-state index in [1.807, 2.05) is 42.1 Å². The first kappa shape index (κ1) is 18.2. The number of aromatic nitrogens is 2. The third-order valence-corrected chi connectivity index (χ3v) is 6.58. The minimum Gasteiger partial charge on any atom is -0.493 e. The number of hydrogen-bond acceptors (Lipinski definition) is 5. The number of hydrogen-bond donors (Lipinski definition) is 1. The van der Waals surface area contributed by atoms with Crippen molar-refractivity contribution in [3.05, 3.63) is 50.9 Å². The van der Waals surface area contributed by atoms with E-state index in [9.17, 15) is 9.59 Å². The van der Waals surface area contributed by atoms with Crippen molar-refractivity contribution in [1.82, 2.24) is 14.9 Å². The third kappa shape index (κ3) is 2.91. The molecule has 1 aromatic carbocycles. The lowest BCUT2D eigenvalue weighted by Gasteiger charge is -2.40. The number of carbonyl (C=O) groups excluding carboxylic acids is 1. The molecule has 1 aliphatic carbocycles. The molecule has 1 N–H and O–H groups in total. The number of amides is 1. The van der Waals surface area contributed by atoms with Crippen molar-refractivity contribution < 1.29 is 9.53 Å². The largest absolute Gasteiger partial charge is 0.493 e. The van der Waals surface area contributed by atoms with Gasteiger partial charge in [-0.2, -0.15) is 0 Å². The molecule has 0 bridgehead atoms. The second-order valence-electron chi connectivity index (χ2n) is 8.64. The number of carbonyl (C=O) groups is 1. The molecule has 2 aromatic rings. The van der Waals surface area contributed by atoms with Crippen LogP contribution in [0.5, 0.6) is 5.75 Å². The lowest BCUT2D eigenvalue weighted by molar-refractivity contribution is 0.0633. The smallest absolute Gasteiger partial charge is 0.255 e. The van der Waals surface area contributed by atoms with Crippen LogP contribution in [0, 0.1) is 0 Å². The molecule has 7 heteroatoms. The number of ether oxygens (including phenoxy) is 1. The summed E-state index contributed by atoms with van der Waals surface area (Å²) in [7, 11) is 3.75. The van der Waals surface area contributed by atoms with Gasteiger partial charge < -0.3 is 14.5 Å². The zero-order valence-corrected chi connectivity index (χ0v) is 17.0. The average Bonchev–Trinajstić information content (AvgIpc) is 3.32. The Hall–Kier alpha value is -2.83. The molecular formula is C22H26N4O3. The number of likely N-dealkylation sites (tertiary alicyclic amines) is 1. The average molecular weight is 394 g/mol. The summed E-state index contributed by atoms with van der Waals surface area (Å²) >= 11 is 0. The molecular weight excluding hydrogens is 368 g/mol. The van der Waals surface area contributed by atoms with Crippen LogP contribution in [0.2, 0.25) is 0 Å². The predicted molar refractivity (Wildman–Crippen MR) is 110 cm³/mol. The molecule has 1 unspecified atom stereocenters. The van der Waals surface area contributed by atoms with Crippen LogP contribution in [-0.4, -0.2) is 54.6 Å². The van der Waals surface area contributed by atoms with Crippen molar-refractivity contribution >= 4 is 11.9 Å². The van der Waals surface area contributed by atoms with Gasteiger partial charge in [-0.3, -0.25) is 14.6 Å². The van der Waals surface area contributed by atoms with Gasteiger partial charge in [-0.15, -0.1) is 0 Å². The lowest BCUT2D eigenvalue weighted by atomic mass is 9.77. The number of anilines is 1. The number of H-pyrrole nitrogens is 1. The van der Waals surface area contributed by atoms with E-state index < -0.39 is 0 Å². The van der Waals surface area contributed by atoms with E-state index in [4.69, 9.17) is 9.72 Å². The molecule has 1 aromatic heterocycles. The summed E-state index contributed by atoms with van der Waals surface area (Å²) in [4.78, 5) is 37.4. The Balaban J connectivity index is 1.46. The maximum atomic E-state index is 13.3. The fourth-order valence-corrected chi connectivity index (χ4v) is 5.06. The molecule has 2 aliphatic heterocycles. The first-order valence-corrected chi connectivity index (χ1v) is 10.3. The van der Waals surface area contributed by atoms with E-state index in [2.05, 4.69) is 4.98 Å². The normalized spacial score (nSPS) is 22.3. The molecule has 1 atom stereocenters. The van der Waals surface area contributed by atoms with E-state index in [-0.39, 0.29) is 16.9 Å². The van der Waals surface area contributed by atoms with Gasteiger partial charge in [-0.1, -0.05) is 0 Å². The van der Waals surface area contributed by atoms with Crippen molar-refractivity contribution in [1.29, 1.82) is 0 Å². The molecule has 3 aliphatic rings. The summed E-state index contributed by atoms with van der Waals surface area (Å²) in [6, 6.07) is 5.75. The van der Waals surface area contributed by atoms with Crippen molar-refractivity contribution in [2.75, 3.05) is 38.7 Å². The summed E-state index contributed by atoms with van der Waals surface area (Å²) in [5.41, 5.74) is 3.25. The molecule has 1 amide bonds. The van der Waals surface area contributed by atoms with Crippen LogP contribution < -0.4 is 15.2 Å². The van der Waals surface area contributed by atoms with Crippen LogP contribution in [0.4, 0.5) is 5.95 Å². The fraction of sp³-hybridized carbons (Fsp3) is 0.500. The highest BCUT2D eigenvalue weighted by atomic mass is 16.5. The summed E-state index contributed by atoms with van der Waals surface area (Å²) in [6.45, 7) is 2.05. The molecule has 0 saturated carbocycles. The first-order chi connectivity index (χ1) is 14.0. The van der Waals surface area contributed by atoms with Crippen LogP contribution >= 0.6 is 0 Å². The second kappa shape index (κ2) is 6.61. The summed E-state index contributed by atoms with van der Waals surface area (Å²) < 4.78 is 5.57. The molecule has 1 fully saturated rings. The molecule has 5 rings (SSSR count). The number of rotatable bonds is 2. The molecule has 1 saturated heterocycles. The fourth-order valence-electron chi connectivity index (χ4n) is 5.06. The van der Waals surface area contributed by atoms with Crippen molar-refractivity contribution in [2.24, 2.45) is 0 Å². The molecule has 1 spiro atoms. The van der Waals surface area contributed by atoms with E-state index in [0.29, 0.717) is 19.1 Å². The van der Waals surface area contributed by atoms with E-state index in [0.717, 1.165) is 66.8 Å². The van der Waals surface area contributed by atoms with Gasteiger partial charge >= 0.3 is 0 Å². The lowest BCUT2D eigenvalue weighted by Crippen LogP contribution is -2.48. The quantitative estimate of drug-likeness (QED) is 0.842. The summed E-state index contributed by atoms with van der Waals surface area (Å²) in [5, 5.41) is 0. The van der Waals surface area contributed by atoms with Gasteiger partial charge in [0.25, 0.3) is 11.5 Å². The van der Waals surface area contributed by atoms with Gasteiger partial charge in [0.1, 0.15) is 5.75 Å². The third-order valence-electron chi connectivity index (χ3n) is 6.58. The Kier molecular flexibility index (Phi) is 4.15. The number of benzene rings is 1. The second-order valence-corrected chi connectivity index (χ2v) is 8.64. The monoisotopic (exact) mass is 394 g/mol. The van der Waals surface area contributed by atoms with Gasteiger partial charge in [0.05, 0.1) is 12.3 Å². The van der Waals surface area contributed by atoms with Crippen LogP contribution in [-0.2, 0) is 18.3 Å². The van der Waals surface area contributed by atoms with Crippen LogP contribution in [0.1, 0.15) is 46.4 Å². The Bertz CT molecular complexity index is 1040. The van der Waals surface area contributed by atoms with Gasteiger partial charge in [-0.05, 0) is 49.4 Å². The van der Waals surface area contributed by atoms with Gasteiger partial charge in [0, 0.05) is 50.1 Å². The molecule has 7 nitrogen and oxygen atoms in total. The van der Waals surface area contributed by atoms with Gasteiger partial charge in [0.2, 0.25) is 5.95 Å². The predicted octanol–water partition coefficient (Wildman–Crippen LogP) is 1.89. The number of nitrogens with zero attached hydrogens (tertiary/aromatic N) is 3. The Morgan fingerprint density at radius 2 is 2.14 bits per heavy atom. The van der Waals surface area contributed by atoms with Crippen molar-refractivity contribution in [2.45, 2.75) is 37.5 Å². The van der Waals surface area contributed by atoms with E-state index in [1.54, 1.807) is 0 Å².